The molecule has 0 spiro atoms. The van der Waals surface area contributed by atoms with Gasteiger partial charge in [0.25, 0.3) is 11.6 Å². The van der Waals surface area contributed by atoms with Crippen LogP contribution in [0.1, 0.15) is 24.3 Å². The van der Waals surface area contributed by atoms with E-state index in [4.69, 9.17) is 9.15 Å². The summed E-state index contributed by atoms with van der Waals surface area (Å²) < 4.78 is 10.5. The van der Waals surface area contributed by atoms with Crippen molar-refractivity contribution in [3.8, 4) is 5.75 Å². The highest BCUT2D eigenvalue weighted by Gasteiger charge is 2.14. The van der Waals surface area contributed by atoms with Crippen LogP contribution < -0.4 is 10.1 Å². The van der Waals surface area contributed by atoms with Gasteiger partial charge in [-0.25, -0.2) is 0 Å². The number of rotatable bonds is 6. The van der Waals surface area contributed by atoms with Gasteiger partial charge in [0.2, 0.25) is 0 Å². The first-order chi connectivity index (χ1) is 10.5. The summed E-state index contributed by atoms with van der Waals surface area (Å²) in [5.74, 6) is 0.753. The van der Waals surface area contributed by atoms with Crippen molar-refractivity contribution in [1.29, 1.82) is 0 Å². The fourth-order valence-corrected chi connectivity index (χ4v) is 1.96. The van der Waals surface area contributed by atoms with Gasteiger partial charge in [-0.05, 0) is 38.1 Å². The number of nitro groups is 1. The van der Waals surface area contributed by atoms with Crippen LogP contribution >= 0.6 is 0 Å². The average Bonchev–Trinajstić information content (AvgIpc) is 2.99. The lowest BCUT2D eigenvalue weighted by Crippen LogP contribution is -2.31. The summed E-state index contributed by atoms with van der Waals surface area (Å²) in [6.45, 7) is 3.24. The maximum Gasteiger partial charge on any atom is 0.272 e. The minimum Gasteiger partial charge on any atom is -0.484 e. The maximum absolute atomic E-state index is 11.8. The van der Waals surface area contributed by atoms with E-state index in [1.165, 1.54) is 24.5 Å². The van der Waals surface area contributed by atoms with E-state index < -0.39 is 4.92 Å². The lowest BCUT2D eigenvalue weighted by molar-refractivity contribution is -0.385. The Labute approximate surface area is 127 Å². The second kappa shape index (κ2) is 6.75. The standard InChI is InChI=1S/C15H16N2O5/c1-10-8-12(5-6-13(10)17(19)20)22-9-15(18)16-11(2)14-4-3-7-21-14/h3-8,11H,9H2,1-2H3,(H,16,18)/t11-/m0/s1. The number of benzene rings is 1. The summed E-state index contributed by atoms with van der Waals surface area (Å²) in [5.41, 5.74) is 0.495. The normalized spacial score (nSPS) is 11.7. The topological polar surface area (TPSA) is 94.6 Å². The molecule has 22 heavy (non-hydrogen) atoms. The lowest BCUT2D eigenvalue weighted by Gasteiger charge is -2.12. The van der Waals surface area contributed by atoms with Crippen LogP contribution in [0.2, 0.25) is 0 Å². The third kappa shape index (κ3) is 3.85. The van der Waals surface area contributed by atoms with Crippen molar-refractivity contribution >= 4 is 11.6 Å². The first-order valence-corrected chi connectivity index (χ1v) is 6.68. The van der Waals surface area contributed by atoms with E-state index >= 15 is 0 Å². The first kappa shape index (κ1) is 15.6. The smallest absolute Gasteiger partial charge is 0.272 e. The highest BCUT2D eigenvalue weighted by Crippen LogP contribution is 2.23. The van der Waals surface area contributed by atoms with Gasteiger partial charge in [-0.15, -0.1) is 0 Å². The third-order valence-electron chi connectivity index (χ3n) is 3.08. The Bertz CT molecular complexity index is 667. The van der Waals surface area contributed by atoms with Gasteiger partial charge in [-0.1, -0.05) is 0 Å². The number of carbonyl (C=O) groups is 1. The van der Waals surface area contributed by atoms with E-state index in [9.17, 15) is 14.9 Å². The summed E-state index contributed by atoms with van der Waals surface area (Å²) in [7, 11) is 0. The Kier molecular flexibility index (Phi) is 4.77. The number of furan rings is 1. The highest BCUT2D eigenvalue weighted by molar-refractivity contribution is 5.77. The second-order valence-electron chi connectivity index (χ2n) is 4.80. The van der Waals surface area contributed by atoms with Gasteiger partial charge < -0.3 is 14.5 Å². The van der Waals surface area contributed by atoms with Gasteiger partial charge in [0.15, 0.2) is 6.61 Å². The van der Waals surface area contributed by atoms with Gasteiger partial charge in [0.1, 0.15) is 11.5 Å². The third-order valence-corrected chi connectivity index (χ3v) is 3.08. The number of amides is 1. The van der Waals surface area contributed by atoms with E-state index in [0.29, 0.717) is 17.1 Å². The molecule has 1 heterocycles. The van der Waals surface area contributed by atoms with Gasteiger partial charge in [0.05, 0.1) is 17.2 Å². The zero-order chi connectivity index (χ0) is 16.1. The van der Waals surface area contributed by atoms with Crippen LogP contribution in [0.5, 0.6) is 5.75 Å². The Balaban J connectivity index is 1.88. The number of hydrogen-bond acceptors (Lipinski definition) is 5. The highest BCUT2D eigenvalue weighted by atomic mass is 16.6. The summed E-state index contributed by atoms with van der Waals surface area (Å²) >= 11 is 0. The number of nitrogens with zero attached hydrogens (tertiary/aromatic N) is 1. The van der Waals surface area contributed by atoms with Crippen LogP contribution in [0.25, 0.3) is 0 Å². The zero-order valence-corrected chi connectivity index (χ0v) is 12.2. The summed E-state index contributed by atoms with van der Waals surface area (Å²) in [4.78, 5) is 22.1. The first-order valence-electron chi connectivity index (χ1n) is 6.68. The molecule has 2 aromatic rings. The van der Waals surface area contributed by atoms with Crippen LogP contribution in [0.3, 0.4) is 0 Å². The molecule has 1 atom stereocenters. The minimum absolute atomic E-state index is 0.0169. The van der Waals surface area contributed by atoms with E-state index in [0.717, 1.165) is 0 Å². The average molecular weight is 304 g/mol. The van der Waals surface area contributed by atoms with E-state index in [-0.39, 0.29) is 24.2 Å². The molecule has 0 saturated heterocycles. The molecule has 7 heteroatoms. The molecule has 0 bridgehead atoms. The molecule has 1 N–H and O–H groups in total. The second-order valence-corrected chi connectivity index (χ2v) is 4.80. The van der Waals surface area contributed by atoms with E-state index in [2.05, 4.69) is 5.32 Å². The molecule has 0 saturated carbocycles. The van der Waals surface area contributed by atoms with Crippen LogP contribution in [-0.4, -0.2) is 17.4 Å². The fourth-order valence-electron chi connectivity index (χ4n) is 1.96. The molecular formula is C15H16N2O5. The van der Waals surface area contributed by atoms with Crippen molar-refractivity contribution in [3.63, 3.8) is 0 Å². The van der Waals surface area contributed by atoms with Gasteiger partial charge in [0, 0.05) is 11.6 Å². The predicted molar refractivity (Wildman–Crippen MR) is 78.6 cm³/mol. The van der Waals surface area contributed by atoms with Crippen molar-refractivity contribution in [2.24, 2.45) is 0 Å². The molecule has 0 unspecified atom stereocenters. The minimum atomic E-state index is -0.461. The lowest BCUT2D eigenvalue weighted by atomic mass is 10.2. The molecular weight excluding hydrogens is 288 g/mol. The molecule has 0 aliphatic rings. The Morgan fingerprint density at radius 1 is 1.45 bits per heavy atom. The Hall–Kier alpha value is -2.83. The summed E-state index contributed by atoms with van der Waals surface area (Å²) in [6.07, 6.45) is 1.54. The molecule has 1 aromatic heterocycles. The molecule has 0 aliphatic heterocycles. The van der Waals surface area contributed by atoms with Crippen LogP contribution in [-0.2, 0) is 4.79 Å². The summed E-state index contributed by atoms with van der Waals surface area (Å²) in [5, 5.41) is 13.5. The summed E-state index contributed by atoms with van der Waals surface area (Å²) in [6, 6.07) is 7.60. The van der Waals surface area contributed by atoms with E-state index in [1.54, 1.807) is 26.0 Å². The number of hydrogen-bond donors (Lipinski definition) is 1. The molecule has 1 amide bonds. The van der Waals surface area contributed by atoms with Crippen LogP contribution in [0, 0.1) is 17.0 Å². The Morgan fingerprint density at radius 2 is 2.23 bits per heavy atom. The van der Waals surface area contributed by atoms with Gasteiger partial charge in [-0.2, -0.15) is 0 Å². The van der Waals surface area contributed by atoms with Gasteiger partial charge >= 0.3 is 0 Å². The molecule has 1 aromatic carbocycles. The van der Waals surface area contributed by atoms with Crippen LogP contribution in [0.15, 0.2) is 41.0 Å². The Morgan fingerprint density at radius 3 is 2.82 bits per heavy atom. The SMILES string of the molecule is Cc1cc(OCC(=O)N[C@@H](C)c2ccco2)ccc1[N+](=O)[O-]. The number of aryl methyl sites for hydroxylation is 1. The molecule has 0 radical (unpaired) electrons. The van der Waals surface area contributed by atoms with E-state index in [1.807, 2.05) is 0 Å². The zero-order valence-electron chi connectivity index (χ0n) is 12.2. The van der Waals surface area contributed by atoms with Crippen molar-refractivity contribution in [3.05, 3.63) is 58.0 Å². The monoisotopic (exact) mass is 304 g/mol. The molecule has 0 aliphatic carbocycles. The number of nitrogens with one attached hydrogen (secondary N) is 1. The largest absolute Gasteiger partial charge is 0.484 e. The van der Waals surface area contributed by atoms with Crippen molar-refractivity contribution < 1.29 is 18.9 Å². The quantitative estimate of drug-likeness (QED) is 0.654. The molecule has 7 nitrogen and oxygen atoms in total. The molecule has 116 valence electrons. The van der Waals surface area contributed by atoms with Gasteiger partial charge in [-0.3, -0.25) is 14.9 Å². The van der Waals surface area contributed by atoms with Crippen molar-refractivity contribution in [2.45, 2.75) is 19.9 Å². The van der Waals surface area contributed by atoms with Crippen molar-refractivity contribution in [2.75, 3.05) is 6.61 Å². The fraction of sp³-hybridized carbons (Fsp3) is 0.267. The van der Waals surface area contributed by atoms with Crippen LogP contribution in [0.4, 0.5) is 5.69 Å². The molecule has 0 fully saturated rings. The number of nitro benzene ring substituents is 1. The molecule has 2 rings (SSSR count). The number of ether oxygens (including phenoxy) is 1. The number of carbonyl (C=O) groups excluding carboxylic acids is 1. The van der Waals surface area contributed by atoms with Crippen molar-refractivity contribution in [1.82, 2.24) is 5.32 Å². The predicted octanol–water partition coefficient (Wildman–Crippen LogP) is 2.75. The maximum atomic E-state index is 11.8.